The van der Waals surface area contributed by atoms with Crippen molar-refractivity contribution in [1.82, 2.24) is 14.8 Å². The Bertz CT molecular complexity index is 575. The molecule has 4 heteroatoms. The van der Waals surface area contributed by atoms with Crippen LogP contribution in [0.5, 0.6) is 0 Å². The first-order chi connectivity index (χ1) is 11.3. The second kappa shape index (κ2) is 8.29. The number of nitrogens with zero attached hydrogens (tertiary/aromatic N) is 2. The van der Waals surface area contributed by atoms with Crippen LogP contribution in [-0.4, -0.2) is 46.9 Å². The van der Waals surface area contributed by atoms with E-state index in [9.17, 15) is 5.11 Å². The molecule has 1 unspecified atom stereocenters. The van der Waals surface area contributed by atoms with Crippen molar-refractivity contribution >= 4 is 0 Å². The van der Waals surface area contributed by atoms with Gasteiger partial charge in [-0.15, -0.1) is 0 Å². The van der Waals surface area contributed by atoms with Gasteiger partial charge in [-0.3, -0.25) is 0 Å². The van der Waals surface area contributed by atoms with Gasteiger partial charge in [-0.05, 0) is 43.1 Å². The molecule has 2 aromatic rings. The fourth-order valence-corrected chi connectivity index (χ4v) is 3.20. The van der Waals surface area contributed by atoms with E-state index in [2.05, 4.69) is 57.5 Å². The van der Waals surface area contributed by atoms with Crippen LogP contribution in [0.25, 0.3) is 0 Å². The highest BCUT2D eigenvalue weighted by atomic mass is 16.3. The largest absolute Gasteiger partial charge is 0.390 e. The first-order valence-corrected chi connectivity index (χ1v) is 8.59. The van der Waals surface area contributed by atoms with Gasteiger partial charge in [0.05, 0.1) is 6.10 Å². The van der Waals surface area contributed by atoms with Gasteiger partial charge in [0.2, 0.25) is 0 Å². The van der Waals surface area contributed by atoms with Crippen molar-refractivity contribution in [3.63, 3.8) is 0 Å². The summed E-state index contributed by atoms with van der Waals surface area (Å²) < 4.78 is 2.20. The lowest BCUT2D eigenvalue weighted by Crippen LogP contribution is -2.36. The zero-order valence-corrected chi connectivity index (χ0v) is 13.7. The summed E-state index contributed by atoms with van der Waals surface area (Å²) in [5, 5.41) is 13.4. The number of β-amino-alcohol motifs (C(OH)–C–C–N with tert-alkyl or cyclic N) is 1. The van der Waals surface area contributed by atoms with Crippen LogP contribution < -0.4 is 5.32 Å². The number of benzene rings is 1. The Balaban J connectivity index is 1.39. The molecule has 1 aromatic carbocycles. The van der Waals surface area contributed by atoms with Crippen molar-refractivity contribution < 1.29 is 5.11 Å². The van der Waals surface area contributed by atoms with E-state index < -0.39 is 0 Å². The molecule has 1 aromatic heterocycles. The summed E-state index contributed by atoms with van der Waals surface area (Å²) >= 11 is 0. The van der Waals surface area contributed by atoms with Gasteiger partial charge in [-0.1, -0.05) is 30.3 Å². The molecule has 1 aliphatic heterocycles. The van der Waals surface area contributed by atoms with Gasteiger partial charge in [-0.25, -0.2) is 0 Å². The molecule has 0 aliphatic carbocycles. The molecule has 124 valence electrons. The first kappa shape index (κ1) is 16.2. The molecule has 1 aliphatic rings. The molecule has 4 nitrogen and oxygen atoms in total. The Hall–Kier alpha value is -1.62. The minimum Gasteiger partial charge on any atom is -0.390 e. The number of nitrogens with one attached hydrogen (secondary N) is 1. The lowest BCUT2D eigenvalue weighted by Gasteiger charge is -2.19. The van der Waals surface area contributed by atoms with Crippen molar-refractivity contribution in [3.05, 3.63) is 59.9 Å². The van der Waals surface area contributed by atoms with E-state index in [-0.39, 0.29) is 6.10 Å². The zero-order chi connectivity index (χ0) is 15.9. The number of aromatic nitrogens is 1. The maximum Gasteiger partial charge on any atom is 0.0791 e. The quantitative estimate of drug-likeness (QED) is 0.784. The van der Waals surface area contributed by atoms with E-state index in [0.717, 1.165) is 32.7 Å². The predicted octanol–water partition coefficient (Wildman–Crippen LogP) is 2.08. The lowest BCUT2D eigenvalue weighted by molar-refractivity contribution is 0.123. The highest BCUT2D eigenvalue weighted by Crippen LogP contribution is 2.08. The molecule has 1 atom stereocenters. The molecule has 0 saturated carbocycles. The normalized spacial score (nSPS) is 16.7. The van der Waals surface area contributed by atoms with Crippen molar-refractivity contribution in [2.75, 3.05) is 26.2 Å². The minimum atomic E-state index is -0.278. The third-order valence-electron chi connectivity index (χ3n) is 4.40. The van der Waals surface area contributed by atoms with Gasteiger partial charge in [0.15, 0.2) is 0 Å². The van der Waals surface area contributed by atoms with E-state index in [1.807, 2.05) is 6.07 Å². The van der Waals surface area contributed by atoms with E-state index in [1.165, 1.54) is 24.0 Å². The van der Waals surface area contributed by atoms with Crippen LogP contribution in [0, 0.1) is 0 Å². The fourth-order valence-electron chi connectivity index (χ4n) is 3.20. The van der Waals surface area contributed by atoms with Gasteiger partial charge in [0.25, 0.3) is 0 Å². The number of rotatable bonds is 8. The van der Waals surface area contributed by atoms with Crippen molar-refractivity contribution in [2.45, 2.75) is 32.0 Å². The maximum absolute atomic E-state index is 10.1. The topological polar surface area (TPSA) is 40.4 Å². The van der Waals surface area contributed by atoms with Crippen LogP contribution >= 0.6 is 0 Å². The van der Waals surface area contributed by atoms with Gasteiger partial charge >= 0.3 is 0 Å². The van der Waals surface area contributed by atoms with Crippen LogP contribution in [0.4, 0.5) is 0 Å². The molecule has 23 heavy (non-hydrogen) atoms. The monoisotopic (exact) mass is 313 g/mol. The number of hydrogen-bond donors (Lipinski definition) is 2. The molecular formula is C19H27N3O. The third kappa shape index (κ3) is 5.20. The second-order valence-corrected chi connectivity index (χ2v) is 6.47. The van der Waals surface area contributed by atoms with Crippen LogP contribution in [0.3, 0.4) is 0 Å². The van der Waals surface area contributed by atoms with Gasteiger partial charge < -0.3 is 19.9 Å². The van der Waals surface area contributed by atoms with Crippen LogP contribution in [-0.2, 0) is 13.1 Å². The summed E-state index contributed by atoms with van der Waals surface area (Å²) in [6, 6.07) is 12.6. The fraction of sp³-hybridized carbons (Fsp3) is 0.474. The highest BCUT2D eigenvalue weighted by molar-refractivity contribution is 5.17. The summed E-state index contributed by atoms with van der Waals surface area (Å²) in [6.45, 7) is 5.43. The van der Waals surface area contributed by atoms with E-state index in [4.69, 9.17) is 0 Å². The third-order valence-corrected chi connectivity index (χ3v) is 4.40. The van der Waals surface area contributed by atoms with E-state index in [0.29, 0.717) is 6.54 Å². The second-order valence-electron chi connectivity index (χ2n) is 6.47. The number of aliphatic hydroxyl groups excluding tert-OH is 1. The molecule has 0 bridgehead atoms. The molecule has 0 spiro atoms. The Labute approximate surface area is 138 Å². The Morgan fingerprint density at radius 3 is 2.61 bits per heavy atom. The van der Waals surface area contributed by atoms with Crippen LogP contribution in [0.15, 0.2) is 48.8 Å². The summed E-state index contributed by atoms with van der Waals surface area (Å²) in [5.74, 6) is 0. The maximum atomic E-state index is 10.1. The van der Waals surface area contributed by atoms with E-state index >= 15 is 0 Å². The average Bonchev–Trinajstić information content (AvgIpc) is 3.21. The minimum absolute atomic E-state index is 0.278. The van der Waals surface area contributed by atoms with Gasteiger partial charge in [-0.2, -0.15) is 0 Å². The summed E-state index contributed by atoms with van der Waals surface area (Å²) in [5.41, 5.74) is 2.57. The van der Waals surface area contributed by atoms with Crippen LogP contribution in [0.2, 0.25) is 0 Å². The molecule has 2 heterocycles. The standard InChI is InChI=1S/C19H27N3O/c23-19(16-21-9-4-5-10-21)13-20-12-18-8-11-22(15-18)14-17-6-2-1-3-7-17/h1-3,6-8,11,15,19-20,23H,4-5,9-10,12-14,16H2. The highest BCUT2D eigenvalue weighted by Gasteiger charge is 2.15. The van der Waals surface area contributed by atoms with Crippen molar-refractivity contribution in [2.24, 2.45) is 0 Å². The smallest absolute Gasteiger partial charge is 0.0791 e. The Morgan fingerprint density at radius 1 is 1.04 bits per heavy atom. The number of aliphatic hydroxyl groups is 1. The Morgan fingerprint density at radius 2 is 1.83 bits per heavy atom. The molecule has 0 radical (unpaired) electrons. The summed E-state index contributed by atoms with van der Waals surface area (Å²) in [7, 11) is 0. The van der Waals surface area contributed by atoms with Gasteiger partial charge in [0.1, 0.15) is 0 Å². The number of likely N-dealkylation sites (tertiary alicyclic amines) is 1. The molecule has 0 amide bonds. The Kier molecular flexibility index (Phi) is 5.86. The van der Waals surface area contributed by atoms with Crippen LogP contribution in [0.1, 0.15) is 24.0 Å². The van der Waals surface area contributed by atoms with E-state index in [1.54, 1.807) is 0 Å². The molecular weight excluding hydrogens is 286 g/mol. The SMILES string of the molecule is OC(CNCc1ccn(Cc2ccccc2)c1)CN1CCCC1. The van der Waals surface area contributed by atoms with Crippen molar-refractivity contribution in [3.8, 4) is 0 Å². The van der Waals surface area contributed by atoms with Gasteiger partial charge in [0, 0.05) is 38.6 Å². The summed E-state index contributed by atoms with van der Waals surface area (Å²) in [4.78, 5) is 2.35. The lowest BCUT2D eigenvalue weighted by atomic mass is 10.2. The van der Waals surface area contributed by atoms with Crippen molar-refractivity contribution in [1.29, 1.82) is 0 Å². The summed E-state index contributed by atoms with van der Waals surface area (Å²) in [6.07, 6.45) is 6.56. The predicted molar refractivity (Wildman–Crippen MR) is 93.4 cm³/mol. The molecule has 3 rings (SSSR count). The zero-order valence-electron chi connectivity index (χ0n) is 13.7. The molecule has 1 saturated heterocycles. The average molecular weight is 313 g/mol. The number of hydrogen-bond acceptors (Lipinski definition) is 3. The molecule has 2 N–H and O–H groups in total. The first-order valence-electron chi connectivity index (χ1n) is 8.59. The molecule has 1 fully saturated rings.